The lowest BCUT2D eigenvalue weighted by atomic mass is 10.1. The molecule has 3 heterocycles. The highest BCUT2D eigenvalue weighted by atomic mass is 16.2. The van der Waals surface area contributed by atoms with E-state index in [-0.39, 0.29) is 18.4 Å². The number of carbonyl (C=O) groups excluding carboxylic acids is 2. The fraction of sp³-hybridized carbons (Fsp3) is 0.429. The molecule has 0 spiro atoms. The molecule has 2 amide bonds. The fourth-order valence-electron chi connectivity index (χ4n) is 3.14. The zero-order valence-electron chi connectivity index (χ0n) is 16.5. The number of fused-ring (bicyclic) bond motifs is 2. The van der Waals surface area contributed by atoms with E-state index in [0.29, 0.717) is 18.7 Å². The number of aryl methyl sites for hydroxylation is 2. The number of hydrogen-bond donors (Lipinski definition) is 1. The zero-order chi connectivity index (χ0) is 19.9. The van der Waals surface area contributed by atoms with Gasteiger partial charge in [0.1, 0.15) is 12.4 Å². The topological polar surface area (TPSA) is 78.4 Å². The first-order valence-corrected chi connectivity index (χ1v) is 9.68. The molecule has 0 saturated heterocycles. The van der Waals surface area contributed by atoms with Crippen LogP contribution >= 0.6 is 0 Å². The van der Waals surface area contributed by atoms with Crippen molar-refractivity contribution in [2.45, 2.75) is 26.2 Å². The Morgan fingerprint density at radius 2 is 2.00 bits per heavy atom. The van der Waals surface area contributed by atoms with Crippen LogP contribution in [0.4, 0.5) is 5.82 Å². The summed E-state index contributed by atoms with van der Waals surface area (Å²) in [4.78, 5) is 37.7. The number of nitrogens with zero attached hydrogens (tertiary/aromatic N) is 4. The molecule has 7 nitrogen and oxygen atoms in total. The molecule has 0 atom stereocenters. The number of hydrogen-bond acceptors (Lipinski definition) is 5. The molecular formula is C21H27N5O2. The second-order valence-corrected chi connectivity index (χ2v) is 7.13. The maximum Gasteiger partial charge on any atom is 0.255 e. The number of rotatable bonds is 1. The summed E-state index contributed by atoms with van der Waals surface area (Å²) in [5, 5.41) is 3.31. The molecule has 2 aromatic heterocycles. The average molecular weight is 381 g/mol. The Kier molecular flexibility index (Phi) is 6.57. The Labute approximate surface area is 165 Å². The van der Waals surface area contributed by atoms with Gasteiger partial charge in [-0.3, -0.25) is 14.6 Å². The minimum absolute atomic E-state index is 0.0536. The largest absolute Gasteiger partial charge is 0.370 e. The highest BCUT2D eigenvalue weighted by Gasteiger charge is 2.21. The normalized spacial score (nSPS) is 16.3. The van der Waals surface area contributed by atoms with Crippen LogP contribution < -0.4 is 5.32 Å². The third-order valence-corrected chi connectivity index (χ3v) is 4.84. The van der Waals surface area contributed by atoms with Gasteiger partial charge in [0, 0.05) is 44.3 Å². The fourth-order valence-corrected chi connectivity index (χ4v) is 3.14. The van der Waals surface area contributed by atoms with Crippen molar-refractivity contribution in [2.24, 2.45) is 0 Å². The molecule has 1 aliphatic rings. The van der Waals surface area contributed by atoms with Gasteiger partial charge in [-0.1, -0.05) is 6.07 Å². The minimum Gasteiger partial charge on any atom is -0.370 e. The molecular weight excluding hydrogens is 354 g/mol. The van der Waals surface area contributed by atoms with Gasteiger partial charge in [-0.25, -0.2) is 4.98 Å². The van der Waals surface area contributed by atoms with E-state index in [4.69, 9.17) is 0 Å². The zero-order valence-corrected chi connectivity index (χ0v) is 16.5. The van der Waals surface area contributed by atoms with Crippen molar-refractivity contribution in [1.29, 1.82) is 0 Å². The van der Waals surface area contributed by atoms with Gasteiger partial charge in [0.25, 0.3) is 5.91 Å². The van der Waals surface area contributed by atoms with Crippen molar-refractivity contribution >= 4 is 17.6 Å². The van der Waals surface area contributed by atoms with E-state index < -0.39 is 0 Å². The molecule has 2 aromatic rings. The summed E-state index contributed by atoms with van der Waals surface area (Å²) >= 11 is 0. The van der Waals surface area contributed by atoms with Crippen LogP contribution in [0.25, 0.3) is 0 Å². The molecule has 7 heteroatoms. The van der Waals surface area contributed by atoms with Crippen LogP contribution in [0.2, 0.25) is 0 Å². The average Bonchev–Trinajstić information content (AvgIpc) is 2.70. The molecule has 0 radical (unpaired) electrons. The minimum atomic E-state index is -0.162. The molecule has 0 aliphatic carbocycles. The van der Waals surface area contributed by atoms with Crippen molar-refractivity contribution in [3.63, 3.8) is 0 Å². The van der Waals surface area contributed by atoms with Crippen LogP contribution in [-0.4, -0.2) is 64.8 Å². The van der Waals surface area contributed by atoms with Gasteiger partial charge < -0.3 is 15.1 Å². The molecule has 2 bridgehead atoms. The highest BCUT2D eigenvalue weighted by molar-refractivity contribution is 5.96. The summed E-state index contributed by atoms with van der Waals surface area (Å²) in [6.07, 6.45) is 3.87. The van der Waals surface area contributed by atoms with Crippen molar-refractivity contribution < 1.29 is 9.59 Å². The molecule has 3 rings (SSSR count). The van der Waals surface area contributed by atoms with Crippen LogP contribution in [0.5, 0.6) is 0 Å². The monoisotopic (exact) mass is 381 g/mol. The van der Waals surface area contributed by atoms with E-state index >= 15 is 0 Å². The van der Waals surface area contributed by atoms with E-state index in [1.165, 1.54) is 0 Å². The Bertz CT molecular complexity index is 822. The van der Waals surface area contributed by atoms with Crippen molar-refractivity contribution in [2.75, 3.05) is 38.5 Å². The Balaban J connectivity index is 1.78. The SMILES string of the molecule is Cc1ccc(C(=O)N2CCCc3cccc(n3)NCCCN(C)C(=O)C2)cn1. The first-order valence-electron chi connectivity index (χ1n) is 9.68. The van der Waals surface area contributed by atoms with Gasteiger partial charge >= 0.3 is 0 Å². The quantitative estimate of drug-likeness (QED) is 0.819. The number of amides is 2. The standard InChI is InChI=1S/C21H27N5O2/c1-16-9-10-17(14-23-16)21(28)26-13-4-7-18-6-3-8-19(24-18)22-11-5-12-25(2)20(27)15-26/h3,6,8-10,14H,4-5,7,11-13,15H2,1-2H3,(H,22,24). The number of anilines is 1. The van der Waals surface area contributed by atoms with Gasteiger partial charge in [-0.2, -0.15) is 0 Å². The predicted octanol–water partition coefficient (Wildman–Crippen LogP) is 2.13. The molecule has 0 aromatic carbocycles. The maximum absolute atomic E-state index is 13.0. The molecule has 0 fully saturated rings. The Morgan fingerprint density at radius 3 is 2.79 bits per heavy atom. The molecule has 0 unspecified atom stereocenters. The summed E-state index contributed by atoms with van der Waals surface area (Å²) in [5.74, 6) is 0.633. The summed E-state index contributed by atoms with van der Waals surface area (Å²) < 4.78 is 0. The number of likely N-dealkylation sites (N-methyl/N-ethyl adjacent to an activating group) is 1. The molecule has 28 heavy (non-hydrogen) atoms. The Hall–Kier alpha value is -2.96. The summed E-state index contributed by atoms with van der Waals surface area (Å²) in [7, 11) is 1.78. The lowest BCUT2D eigenvalue weighted by Gasteiger charge is -2.26. The van der Waals surface area contributed by atoms with E-state index in [0.717, 1.165) is 43.0 Å². The van der Waals surface area contributed by atoms with Gasteiger partial charge in [0.15, 0.2) is 0 Å². The predicted molar refractivity (Wildman–Crippen MR) is 108 cm³/mol. The lowest BCUT2D eigenvalue weighted by molar-refractivity contribution is -0.130. The summed E-state index contributed by atoms with van der Waals surface area (Å²) in [6, 6.07) is 9.51. The van der Waals surface area contributed by atoms with Crippen LogP contribution in [0, 0.1) is 6.92 Å². The molecule has 0 saturated carbocycles. The Morgan fingerprint density at radius 1 is 1.14 bits per heavy atom. The molecule has 1 N–H and O–H groups in total. The van der Waals surface area contributed by atoms with Crippen molar-refractivity contribution in [1.82, 2.24) is 19.8 Å². The van der Waals surface area contributed by atoms with Crippen LogP contribution in [0.1, 0.15) is 34.6 Å². The lowest BCUT2D eigenvalue weighted by Crippen LogP contribution is -2.42. The number of aromatic nitrogens is 2. The summed E-state index contributed by atoms with van der Waals surface area (Å²) in [5.41, 5.74) is 2.34. The van der Waals surface area contributed by atoms with Crippen LogP contribution in [0.15, 0.2) is 36.5 Å². The van der Waals surface area contributed by atoms with Gasteiger partial charge in [0.2, 0.25) is 5.91 Å². The van der Waals surface area contributed by atoms with Crippen molar-refractivity contribution in [3.05, 3.63) is 53.5 Å². The molecule has 148 valence electrons. The third-order valence-electron chi connectivity index (χ3n) is 4.84. The van der Waals surface area contributed by atoms with Crippen LogP contribution in [-0.2, 0) is 11.2 Å². The molecule has 1 aliphatic heterocycles. The van der Waals surface area contributed by atoms with E-state index in [1.807, 2.05) is 31.2 Å². The highest BCUT2D eigenvalue weighted by Crippen LogP contribution is 2.11. The van der Waals surface area contributed by atoms with Gasteiger partial charge in [-0.05, 0) is 50.5 Å². The van der Waals surface area contributed by atoms with E-state index in [1.54, 1.807) is 29.1 Å². The first-order chi connectivity index (χ1) is 13.5. The number of nitrogens with one attached hydrogen (secondary N) is 1. The second-order valence-electron chi connectivity index (χ2n) is 7.13. The van der Waals surface area contributed by atoms with Crippen LogP contribution in [0.3, 0.4) is 0 Å². The van der Waals surface area contributed by atoms with Gasteiger partial charge in [-0.15, -0.1) is 0 Å². The smallest absolute Gasteiger partial charge is 0.255 e. The van der Waals surface area contributed by atoms with Gasteiger partial charge in [0.05, 0.1) is 5.56 Å². The van der Waals surface area contributed by atoms with E-state index in [9.17, 15) is 9.59 Å². The van der Waals surface area contributed by atoms with E-state index in [2.05, 4.69) is 15.3 Å². The summed E-state index contributed by atoms with van der Waals surface area (Å²) in [6.45, 7) is 3.81. The second kappa shape index (κ2) is 9.30. The van der Waals surface area contributed by atoms with Crippen molar-refractivity contribution in [3.8, 4) is 0 Å². The number of pyridine rings is 2. The first kappa shape index (κ1) is 19.8. The number of carbonyl (C=O) groups is 2. The maximum atomic E-state index is 13.0. The third kappa shape index (κ3) is 5.28.